The summed E-state index contributed by atoms with van der Waals surface area (Å²) < 4.78 is 0. The first kappa shape index (κ1) is 14.2. The topological polar surface area (TPSA) is 37.3 Å². The molecular weight excluding hydrogens is 212 g/mol. The van der Waals surface area contributed by atoms with Gasteiger partial charge in [0.1, 0.15) is 5.60 Å². The van der Waals surface area contributed by atoms with Gasteiger partial charge in [-0.3, -0.25) is 4.79 Å². The molecular formula is C15H24O2. The summed E-state index contributed by atoms with van der Waals surface area (Å²) in [6, 6.07) is 0. The van der Waals surface area contributed by atoms with Crippen LogP contribution in [0.2, 0.25) is 0 Å². The van der Waals surface area contributed by atoms with Crippen LogP contribution in [-0.4, -0.2) is 16.5 Å². The zero-order chi connectivity index (χ0) is 12.7. The van der Waals surface area contributed by atoms with Gasteiger partial charge in [-0.05, 0) is 36.6 Å². The standard InChI is InChI=1S/C15H24O2/c1-3-4-5-6-7-8-13(2)15(17)11-9-14(16)10-12-15/h9-13,17H,3-8H2,1-2H3. The van der Waals surface area contributed by atoms with E-state index in [-0.39, 0.29) is 11.7 Å². The van der Waals surface area contributed by atoms with Gasteiger partial charge in [0, 0.05) is 0 Å². The van der Waals surface area contributed by atoms with Crippen LogP contribution in [0.4, 0.5) is 0 Å². The van der Waals surface area contributed by atoms with Gasteiger partial charge in [-0.2, -0.15) is 0 Å². The first-order chi connectivity index (χ1) is 8.08. The molecule has 1 N–H and O–H groups in total. The summed E-state index contributed by atoms with van der Waals surface area (Å²) in [6.07, 6.45) is 13.4. The number of aliphatic hydroxyl groups is 1. The van der Waals surface area contributed by atoms with Crippen molar-refractivity contribution < 1.29 is 9.90 Å². The lowest BCUT2D eigenvalue weighted by atomic mass is 9.82. The van der Waals surface area contributed by atoms with Crippen molar-refractivity contribution in [2.24, 2.45) is 5.92 Å². The molecule has 0 saturated heterocycles. The second-order valence-corrected chi connectivity index (χ2v) is 5.06. The maximum Gasteiger partial charge on any atom is 0.178 e. The quantitative estimate of drug-likeness (QED) is 0.688. The Labute approximate surface area is 104 Å². The van der Waals surface area contributed by atoms with Crippen LogP contribution in [0, 0.1) is 5.92 Å². The first-order valence-electron chi connectivity index (χ1n) is 6.73. The van der Waals surface area contributed by atoms with E-state index in [9.17, 15) is 9.90 Å². The predicted molar refractivity (Wildman–Crippen MR) is 70.8 cm³/mol. The Kier molecular flexibility index (Phi) is 5.63. The molecule has 0 aromatic carbocycles. The van der Waals surface area contributed by atoms with E-state index < -0.39 is 5.60 Å². The van der Waals surface area contributed by atoms with Crippen molar-refractivity contribution in [3.63, 3.8) is 0 Å². The number of allylic oxidation sites excluding steroid dienone is 2. The third kappa shape index (κ3) is 4.47. The lowest BCUT2D eigenvalue weighted by molar-refractivity contribution is -0.110. The molecule has 17 heavy (non-hydrogen) atoms. The second-order valence-electron chi connectivity index (χ2n) is 5.06. The molecule has 0 heterocycles. The van der Waals surface area contributed by atoms with E-state index in [1.54, 1.807) is 12.2 Å². The van der Waals surface area contributed by atoms with Crippen molar-refractivity contribution >= 4 is 5.78 Å². The SMILES string of the molecule is CCCCCCCC(C)C1(O)C=CC(=O)C=C1. The van der Waals surface area contributed by atoms with E-state index in [0.717, 1.165) is 12.8 Å². The number of ketones is 1. The minimum absolute atomic E-state index is 0.0372. The van der Waals surface area contributed by atoms with E-state index in [1.165, 1.54) is 37.8 Å². The van der Waals surface area contributed by atoms with Crippen LogP contribution < -0.4 is 0 Å². The Morgan fingerprint density at radius 3 is 2.35 bits per heavy atom. The number of hydrogen-bond donors (Lipinski definition) is 1. The van der Waals surface area contributed by atoms with Crippen molar-refractivity contribution in [1.82, 2.24) is 0 Å². The van der Waals surface area contributed by atoms with Crippen LogP contribution in [0.3, 0.4) is 0 Å². The largest absolute Gasteiger partial charge is 0.381 e. The molecule has 1 atom stereocenters. The third-order valence-corrected chi connectivity index (χ3v) is 3.56. The molecule has 0 bridgehead atoms. The molecule has 0 fully saturated rings. The summed E-state index contributed by atoms with van der Waals surface area (Å²) in [7, 11) is 0. The van der Waals surface area contributed by atoms with E-state index in [0.29, 0.717) is 0 Å². The molecule has 2 heteroatoms. The predicted octanol–water partition coefficient (Wildman–Crippen LogP) is 3.41. The molecule has 1 rings (SSSR count). The normalized spacial score (nSPS) is 19.6. The molecule has 0 amide bonds. The zero-order valence-electron chi connectivity index (χ0n) is 11.0. The van der Waals surface area contributed by atoms with Crippen molar-refractivity contribution in [1.29, 1.82) is 0 Å². The van der Waals surface area contributed by atoms with Gasteiger partial charge in [-0.1, -0.05) is 46.0 Å². The number of carbonyl (C=O) groups is 1. The highest BCUT2D eigenvalue weighted by molar-refractivity contribution is 6.00. The lowest BCUT2D eigenvalue weighted by Gasteiger charge is -2.29. The number of rotatable bonds is 7. The van der Waals surface area contributed by atoms with Crippen molar-refractivity contribution in [3.05, 3.63) is 24.3 Å². The highest BCUT2D eigenvalue weighted by atomic mass is 16.3. The van der Waals surface area contributed by atoms with E-state index in [1.807, 2.05) is 6.92 Å². The molecule has 0 aliphatic heterocycles. The van der Waals surface area contributed by atoms with Gasteiger partial charge in [0.15, 0.2) is 5.78 Å². The fourth-order valence-electron chi connectivity index (χ4n) is 2.16. The van der Waals surface area contributed by atoms with Crippen LogP contribution in [0.15, 0.2) is 24.3 Å². The molecule has 0 spiro atoms. The summed E-state index contributed by atoms with van der Waals surface area (Å²) in [6.45, 7) is 4.25. The lowest BCUT2D eigenvalue weighted by Crippen LogP contribution is -2.33. The van der Waals surface area contributed by atoms with Crippen molar-refractivity contribution in [3.8, 4) is 0 Å². The molecule has 0 aromatic rings. The highest BCUT2D eigenvalue weighted by Crippen LogP contribution is 2.28. The third-order valence-electron chi connectivity index (χ3n) is 3.56. The van der Waals surface area contributed by atoms with Crippen LogP contribution >= 0.6 is 0 Å². The average molecular weight is 236 g/mol. The van der Waals surface area contributed by atoms with E-state index in [4.69, 9.17) is 0 Å². The van der Waals surface area contributed by atoms with E-state index in [2.05, 4.69) is 6.92 Å². The maximum absolute atomic E-state index is 11.0. The van der Waals surface area contributed by atoms with Gasteiger partial charge in [-0.15, -0.1) is 0 Å². The summed E-state index contributed by atoms with van der Waals surface area (Å²) >= 11 is 0. The molecule has 96 valence electrons. The van der Waals surface area contributed by atoms with E-state index >= 15 is 0 Å². The fourth-order valence-corrected chi connectivity index (χ4v) is 2.16. The van der Waals surface area contributed by atoms with Crippen molar-refractivity contribution in [2.75, 3.05) is 0 Å². The smallest absolute Gasteiger partial charge is 0.178 e. The number of unbranched alkanes of at least 4 members (excludes halogenated alkanes) is 4. The molecule has 1 aliphatic carbocycles. The monoisotopic (exact) mass is 236 g/mol. The molecule has 0 saturated carbocycles. The van der Waals surface area contributed by atoms with Gasteiger partial charge < -0.3 is 5.11 Å². The minimum atomic E-state index is -0.918. The Balaban J connectivity index is 2.32. The zero-order valence-corrected chi connectivity index (χ0v) is 11.0. The first-order valence-corrected chi connectivity index (χ1v) is 6.73. The second kappa shape index (κ2) is 6.75. The molecule has 0 radical (unpaired) electrons. The summed E-state index contributed by atoms with van der Waals surface area (Å²) in [5.41, 5.74) is -0.918. The Bertz CT molecular complexity index is 286. The number of hydrogen-bond acceptors (Lipinski definition) is 2. The Morgan fingerprint density at radius 2 is 1.76 bits per heavy atom. The van der Waals surface area contributed by atoms with Crippen LogP contribution in [0.1, 0.15) is 52.4 Å². The van der Waals surface area contributed by atoms with Crippen LogP contribution in [-0.2, 0) is 4.79 Å². The minimum Gasteiger partial charge on any atom is -0.381 e. The fraction of sp³-hybridized carbons (Fsp3) is 0.667. The van der Waals surface area contributed by atoms with Gasteiger partial charge in [0.05, 0.1) is 0 Å². The van der Waals surface area contributed by atoms with Gasteiger partial charge >= 0.3 is 0 Å². The summed E-state index contributed by atoms with van der Waals surface area (Å²) in [4.78, 5) is 11.0. The summed E-state index contributed by atoms with van der Waals surface area (Å²) in [5.74, 6) is 0.134. The van der Waals surface area contributed by atoms with Crippen molar-refractivity contribution in [2.45, 2.75) is 58.0 Å². The summed E-state index contributed by atoms with van der Waals surface area (Å²) in [5, 5.41) is 10.3. The number of carbonyl (C=O) groups excluding carboxylic acids is 1. The van der Waals surface area contributed by atoms with Gasteiger partial charge in [0.25, 0.3) is 0 Å². The van der Waals surface area contributed by atoms with Crippen LogP contribution in [0.5, 0.6) is 0 Å². The molecule has 1 aliphatic rings. The molecule has 0 aromatic heterocycles. The Hall–Kier alpha value is -0.890. The highest BCUT2D eigenvalue weighted by Gasteiger charge is 2.29. The Morgan fingerprint density at radius 1 is 1.18 bits per heavy atom. The maximum atomic E-state index is 11.0. The van der Waals surface area contributed by atoms with Gasteiger partial charge in [-0.25, -0.2) is 0 Å². The van der Waals surface area contributed by atoms with Gasteiger partial charge in [0.2, 0.25) is 0 Å². The molecule has 2 nitrogen and oxygen atoms in total. The molecule has 1 unspecified atom stereocenters. The van der Waals surface area contributed by atoms with Crippen LogP contribution in [0.25, 0.3) is 0 Å². The average Bonchev–Trinajstić information content (AvgIpc) is 2.32.